The highest BCUT2D eigenvalue weighted by atomic mass is 16.6. The number of hydrogen-bond donors (Lipinski definition) is 4. The third kappa shape index (κ3) is 44.6. The molecule has 0 unspecified atom stereocenters. The number of rotatable bonds is 78. The van der Waals surface area contributed by atoms with Gasteiger partial charge in [-0.2, -0.15) is 0 Å². The lowest BCUT2D eigenvalue weighted by Crippen LogP contribution is -2.26. The first kappa shape index (κ1) is 104. The quantitative estimate of drug-likeness (QED) is 0.0315. The SMILES string of the molecule is COc1cc(C[C@@H](CCCOCCOCCOCCOCCO)[C@H](COCCOCCOCCOCCO)Cc2cc(OC)c(OC)c(OC)c2)cc(OC)c1OC.COc1cc(C[C@H](CCCOCCOCCOCCOCCO)[C@@H](COCCOCCOCCOCCO)Cc2cc(OC)c(OC)c(OC)c2)cc(OC)c1OC. The van der Waals surface area contributed by atoms with Crippen molar-refractivity contribution in [3.05, 3.63) is 70.8 Å². The molecule has 4 N–H and O–H groups in total. The molecule has 0 radical (unpaired) electrons. The molecule has 0 spiro atoms. The van der Waals surface area contributed by atoms with Crippen LogP contribution in [-0.2, 0) is 101 Å². The topological polar surface area (TPSA) is 339 Å². The highest BCUT2D eigenvalue weighted by Gasteiger charge is 2.29. The van der Waals surface area contributed by atoms with Gasteiger partial charge in [0.15, 0.2) is 46.0 Å². The van der Waals surface area contributed by atoms with Crippen LogP contribution in [0.25, 0.3) is 0 Å². The number of hydrogen-bond acceptors (Lipinski definition) is 32. The predicted molar refractivity (Wildman–Crippen MR) is 433 cm³/mol. The predicted octanol–water partition coefficient (Wildman–Crippen LogP) is 7.31. The Morgan fingerprint density at radius 1 is 0.190 bits per heavy atom. The van der Waals surface area contributed by atoms with E-state index in [4.69, 9.17) is 153 Å². The molecule has 668 valence electrons. The summed E-state index contributed by atoms with van der Waals surface area (Å²) in [6.45, 7) is 13.9. The van der Waals surface area contributed by atoms with Crippen molar-refractivity contribution in [2.24, 2.45) is 23.7 Å². The van der Waals surface area contributed by atoms with E-state index in [1.807, 2.05) is 48.5 Å². The fourth-order valence-corrected chi connectivity index (χ4v) is 12.4. The van der Waals surface area contributed by atoms with Gasteiger partial charge in [-0.25, -0.2) is 0 Å². The molecule has 0 aliphatic carbocycles. The molecule has 0 heterocycles. The Morgan fingerprint density at radius 3 is 0.509 bits per heavy atom. The van der Waals surface area contributed by atoms with Crippen molar-refractivity contribution >= 4 is 0 Å². The van der Waals surface area contributed by atoms with E-state index in [2.05, 4.69) is 0 Å². The van der Waals surface area contributed by atoms with E-state index < -0.39 is 0 Å². The number of methoxy groups -OCH3 is 12. The maximum absolute atomic E-state index is 8.81. The lowest BCUT2D eigenvalue weighted by molar-refractivity contribution is -0.0128. The van der Waals surface area contributed by atoms with E-state index >= 15 is 0 Å². The van der Waals surface area contributed by atoms with Crippen LogP contribution in [0.2, 0.25) is 0 Å². The normalized spacial score (nSPS) is 12.3. The minimum absolute atomic E-state index is 0.000189. The van der Waals surface area contributed by atoms with E-state index in [0.717, 1.165) is 47.9 Å². The van der Waals surface area contributed by atoms with Crippen LogP contribution in [-0.4, -0.2) is 344 Å². The second-order valence-corrected chi connectivity index (χ2v) is 25.9. The summed E-state index contributed by atoms with van der Waals surface area (Å²) in [6.07, 6.45) is 6.07. The summed E-state index contributed by atoms with van der Waals surface area (Å²) in [4.78, 5) is 0. The average molecular weight is 1660 g/mol. The Balaban J connectivity index is 0.000000600. The number of ether oxygens (including phenoxy) is 28. The molecule has 0 saturated heterocycles. The van der Waals surface area contributed by atoms with E-state index in [9.17, 15) is 0 Å². The molecule has 0 fully saturated rings. The molecule has 4 atom stereocenters. The minimum Gasteiger partial charge on any atom is -0.493 e. The summed E-state index contributed by atoms with van der Waals surface area (Å²) >= 11 is 0. The molecule has 0 amide bonds. The molecule has 4 aromatic carbocycles. The van der Waals surface area contributed by atoms with Crippen molar-refractivity contribution in [3.63, 3.8) is 0 Å². The first-order valence-corrected chi connectivity index (χ1v) is 39.8. The third-order valence-corrected chi connectivity index (χ3v) is 18.0. The van der Waals surface area contributed by atoms with Gasteiger partial charge in [0.1, 0.15) is 0 Å². The van der Waals surface area contributed by atoms with E-state index in [1.165, 1.54) is 0 Å². The van der Waals surface area contributed by atoms with Gasteiger partial charge in [0.05, 0.1) is 310 Å². The van der Waals surface area contributed by atoms with Crippen molar-refractivity contribution in [1.82, 2.24) is 0 Å². The van der Waals surface area contributed by atoms with Crippen LogP contribution >= 0.6 is 0 Å². The monoisotopic (exact) mass is 1660 g/mol. The van der Waals surface area contributed by atoms with Gasteiger partial charge in [-0.05, 0) is 146 Å². The van der Waals surface area contributed by atoms with Gasteiger partial charge in [-0.15, -0.1) is 0 Å². The number of aliphatic hydroxyl groups excluding tert-OH is 4. The van der Waals surface area contributed by atoms with Gasteiger partial charge in [0, 0.05) is 13.2 Å². The summed E-state index contributed by atoms with van der Waals surface area (Å²) in [5.74, 6) is 7.26. The average Bonchev–Trinajstić information content (AvgIpc) is 0.829. The lowest BCUT2D eigenvalue weighted by Gasteiger charge is -2.29. The van der Waals surface area contributed by atoms with E-state index in [0.29, 0.717) is 306 Å². The van der Waals surface area contributed by atoms with Crippen LogP contribution in [0.1, 0.15) is 47.9 Å². The minimum atomic E-state index is -0.00803. The molecule has 4 rings (SSSR count). The molecule has 32 nitrogen and oxygen atoms in total. The Morgan fingerprint density at radius 2 is 0.345 bits per heavy atom. The van der Waals surface area contributed by atoms with Crippen molar-refractivity contribution in [3.8, 4) is 69.0 Å². The molecule has 0 saturated carbocycles. The summed E-state index contributed by atoms with van der Waals surface area (Å²) in [7, 11) is 19.3. The molecule has 116 heavy (non-hydrogen) atoms. The fourth-order valence-electron chi connectivity index (χ4n) is 12.4. The first-order chi connectivity index (χ1) is 57.0. The molecule has 4 aromatic rings. The van der Waals surface area contributed by atoms with Gasteiger partial charge < -0.3 is 153 Å². The zero-order valence-corrected chi connectivity index (χ0v) is 71.3. The summed E-state index contributed by atoms with van der Waals surface area (Å²) in [5, 5.41) is 35.1. The van der Waals surface area contributed by atoms with Crippen molar-refractivity contribution < 1.29 is 153 Å². The molecular weight excluding hydrogens is 1520 g/mol. The highest BCUT2D eigenvalue weighted by Crippen LogP contribution is 2.44. The van der Waals surface area contributed by atoms with Crippen LogP contribution in [0.15, 0.2) is 48.5 Å². The first-order valence-electron chi connectivity index (χ1n) is 39.8. The zero-order chi connectivity index (χ0) is 84.1. The standard InChI is InChI=1S/2C42H70O16/c2*1-45-37-28-33(29-38(46-2)41(37)49-5)26-35(8-7-11-51-14-17-54-20-21-55-18-15-52-12-9-43)36(27-34-30-39(47-3)42(50-6)40(31-34)48-4)32-58-25-24-57-23-22-56-19-16-53-13-10-44/h2*28-31,35-36,43-44H,7-27,32H2,1-6H3/t2*35-,36+/m10/s1. The maximum Gasteiger partial charge on any atom is 0.203 e. The lowest BCUT2D eigenvalue weighted by atomic mass is 9.80. The number of aliphatic hydroxyl groups is 4. The summed E-state index contributed by atoms with van der Waals surface area (Å²) in [5.41, 5.74) is 4.11. The van der Waals surface area contributed by atoms with Crippen LogP contribution in [0, 0.1) is 23.7 Å². The Bertz CT molecular complexity index is 2690. The molecule has 0 bridgehead atoms. The van der Waals surface area contributed by atoms with E-state index in [1.54, 1.807) is 85.3 Å². The van der Waals surface area contributed by atoms with Crippen molar-refractivity contribution in [2.45, 2.75) is 51.4 Å². The summed E-state index contributed by atoms with van der Waals surface area (Å²) in [6, 6.07) is 16.0. The van der Waals surface area contributed by atoms with Crippen LogP contribution in [0.3, 0.4) is 0 Å². The molecule has 32 heteroatoms. The second kappa shape index (κ2) is 70.5. The Kier molecular flexibility index (Phi) is 63.1. The smallest absolute Gasteiger partial charge is 0.203 e. The van der Waals surface area contributed by atoms with Crippen LogP contribution in [0.5, 0.6) is 69.0 Å². The van der Waals surface area contributed by atoms with Gasteiger partial charge >= 0.3 is 0 Å². The van der Waals surface area contributed by atoms with Crippen LogP contribution < -0.4 is 56.8 Å². The van der Waals surface area contributed by atoms with Crippen LogP contribution in [0.4, 0.5) is 0 Å². The maximum atomic E-state index is 8.81. The summed E-state index contributed by atoms with van der Waals surface area (Å²) < 4.78 is 158. The number of benzene rings is 4. The highest BCUT2D eigenvalue weighted by molar-refractivity contribution is 5.57. The zero-order valence-electron chi connectivity index (χ0n) is 71.3. The van der Waals surface area contributed by atoms with Gasteiger partial charge in [0.25, 0.3) is 0 Å². The molecule has 0 aliphatic rings. The largest absolute Gasteiger partial charge is 0.493 e. The Hall–Kier alpha value is -6.32. The molecule has 0 aliphatic heterocycles. The molecule has 0 aromatic heterocycles. The van der Waals surface area contributed by atoms with Gasteiger partial charge in [-0.1, -0.05) is 0 Å². The van der Waals surface area contributed by atoms with E-state index in [-0.39, 0.29) is 50.1 Å². The van der Waals surface area contributed by atoms with Gasteiger partial charge in [-0.3, -0.25) is 0 Å². The Labute approximate surface area is 688 Å². The van der Waals surface area contributed by atoms with Crippen molar-refractivity contribution in [1.29, 1.82) is 0 Å². The van der Waals surface area contributed by atoms with Crippen molar-refractivity contribution in [2.75, 3.05) is 323 Å². The molecular formula is C84H140O32. The van der Waals surface area contributed by atoms with Gasteiger partial charge in [0.2, 0.25) is 23.0 Å². The third-order valence-electron chi connectivity index (χ3n) is 18.0. The fraction of sp³-hybridized carbons (Fsp3) is 0.714. The second-order valence-electron chi connectivity index (χ2n) is 25.9.